The van der Waals surface area contributed by atoms with Gasteiger partial charge in [-0.05, 0) is 24.3 Å². The van der Waals surface area contributed by atoms with Crippen LogP contribution >= 0.6 is 0 Å². The Kier molecular flexibility index (Phi) is 5.04. The molecule has 0 unspecified atom stereocenters. The lowest BCUT2D eigenvalue weighted by Gasteiger charge is -2.15. The first-order valence-corrected chi connectivity index (χ1v) is 11.9. The van der Waals surface area contributed by atoms with E-state index in [0.29, 0.717) is 4.31 Å². The molecule has 1 saturated heterocycles. The molecule has 0 atom stereocenters. The van der Waals surface area contributed by atoms with Gasteiger partial charge in [0, 0.05) is 19.2 Å². The van der Waals surface area contributed by atoms with E-state index < -0.39 is 35.8 Å². The monoisotopic (exact) mass is 396 g/mol. The van der Waals surface area contributed by atoms with Crippen molar-refractivity contribution in [1.29, 1.82) is 0 Å². The molecule has 1 aromatic carbocycles. The van der Waals surface area contributed by atoms with Crippen LogP contribution in [-0.4, -0.2) is 55.5 Å². The van der Waals surface area contributed by atoms with Crippen LogP contribution in [0.5, 0.6) is 0 Å². The SMILES string of the molecule is CS(=O)(=O)CCNS(=O)(=O)c1ccc(N2C(=O)CCS2(=O)=O)cc1. The number of nitrogens with zero attached hydrogens (tertiary/aromatic N) is 1. The topological polar surface area (TPSA) is 135 Å². The van der Waals surface area contributed by atoms with Crippen molar-refractivity contribution < 1.29 is 30.0 Å². The van der Waals surface area contributed by atoms with Crippen LogP contribution in [0, 0.1) is 0 Å². The third kappa shape index (κ3) is 4.32. The number of benzene rings is 1. The molecule has 9 nitrogen and oxygen atoms in total. The predicted octanol–water partition coefficient (Wildman–Crippen LogP) is -0.924. The van der Waals surface area contributed by atoms with Gasteiger partial charge in [0.1, 0.15) is 9.84 Å². The Morgan fingerprint density at radius 3 is 2.17 bits per heavy atom. The van der Waals surface area contributed by atoms with Gasteiger partial charge in [-0.15, -0.1) is 0 Å². The summed E-state index contributed by atoms with van der Waals surface area (Å²) in [5, 5.41) is 0. The van der Waals surface area contributed by atoms with E-state index in [0.717, 1.165) is 18.4 Å². The second kappa shape index (κ2) is 6.43. The first-order valence-electron chi connectivity index (χ1n) is 6.76. The Balaban J connectivity index is 2.18. The molecule has 2 rings (SSSR count). The van der Waals surface area contributed by atoms with Crippen molar-refractivity contribution in [3.05, 3.63) is 24.3 Å². The highest BCUT2D eigenvalue weighted by Gasteiger charge is 2.36. The normalized spacial score (nSPS) is 18.0. The number of anilines is 1. The third-order valence-corrected chi connectivity index (χ3v) is 7.34. The van der Waals surface area contributed by atoms with Crippen LogP contribution in [0.4, 0.5) is 5.69 Å². The van der Waals surface area contributed by atoms with Crippen molar-refractivity contribution in [3.63, 3.8) is 0 Å². The molecule has 0 aliphatic carbocycles. The summed E-state index contributed by atoms with van der Waals surface area (Å²) in [4.78, 5) is 11.5. The van der Waals surface area contributed by atoms with Gasteiger partial charge >= 0.3 is 0 Å². The van der Waals surface area contributed by atoms with Crippen molar-refractivity contribution in [2.45, 2.75) is 11.3 Å². The van der Waals surface area contributed by atoms with Crippen LogP contribution < -0.4 is 9.03 Å². The molecule has 134 valence electrons. The number of nitrogens with one attached hydrogen (secondary N) is 1. The number of carbonyl (C=O) groups excluding carboxylic acids is 1. The highest BCUT2D eigenvalue weighted by atomic mass is 32.2. The molecule has 1 N–H and O–H groups in total. The van der Waals surface area contributed by atoms with Crippen molar-refractivity contribution in [3.8, 4) is 0 Å². The fraction of sp³-hybridized carbons (Fsp3) is 0.417. The summed E-state index contributed by atoms with van der Waals surface area (Å²) in [6, 6.07) is 4.73. The number of rotatable bonds is 6. The van der Waals surface area contributed by atoms with Crippen LogP contribution in [0.2, 0.25) is 0 Å². The van der Waals surface area contributed by atoms with E-state index in [4.69, 9.17) is 0 Å². The largest absolute Gasteiger partial charge is 0.273 e. The lowest BCUT2D eigenvalue weighted by atomic mass is 10.3. The van der Waals surface area contributed by atoms with Crippen LogP contribution in [0.15, 0.2) is 29.2 Å². The summed E-state index contributed by atoms with van der Waals surface area (Å²) >= 11 is 0. The molecule has 1 fully saturated rings. The second-order valence-electron chi connectivity index (χ2n) is 5.25. The molecule has 1 aliphatic rings. The summed E-state index contributed by atoms with van der Waals surface area (Å²) in [6.45, 7) is -0.276. The molecule has 0 radical (unpaired) electrons. The maximum atomic E-state index is 12.0. The minimum Gasteiger partial charge on any atom is -0.273 e. The van der Waals surface area contributed by atoms with Crippen molar-refractivity contribution in [2.75, 3.05) is 28.6 Å². The molecule has 12 heteroatoms. The van der Waals surface area contributed by atoms with E-state index in [1.54, 1.807) is 0 Å². The maximum Gasteiger partial charge on any atom is 0.242 e. The van der Waals surface area contributed by atoms with Crippen molar-refractivity contribution in [1.82, 2.24) is 4.72 Å². The molecular formula is C12H16N2O7S3. The zero-order valence-electron chi connectivity index (χ0n) is 12.7. The molecule has 0 bridgehead atoms. The van der Waals surface area contributed by atoms with Crippen LogP contribution in [0.25, 0.3) is 0 Å². The van der Waals surface area contributed by atoms with Gasteiger partial charge in [-0.3, -0.25) is 4.79 Å². The molecule has 1 aliphatic heterocycles. The molecule has 1 aromatic rings. The van der Waals surface area contributed by atoms with Gasteiger partial charge in [0.05, 0.1) is 22.1 Å². The van der Waals surface area contributed by atoms with Crippen LogP contribution in [0.3, 0.4) is 0 Å². The van der Waals surface area contributed by atoms with Gasteiger partial charge in [-0.1, -0.05) is 0 Å². The van der Waals surface area contributed by atoms with Gasteiger partial charge in [0.25, 0.3) is 0 Å². The quantitative estimate of drug-likeness (QED) is 0.657. The van der Waals surface area contributed by atoms with E-state index in [1.807, 2.05) is 0 Å². The molecule has 1 amide bonds. The van der Waals surface area contributed by atoms with E-state index in [1.165, 1.54) is 12.1 Å². The maximum absolute atomic E-state index is 12.0. The summed E-state index contributed by atoms with van der Waals surface area (Å²) in [5.74, 6) is -1.19. The lowest BCUT2D eigenvalue weighted by molar-refractivity contribution is -0.116. The zero-order valence-corrected chi connectivity index (χ0v) is 15.1. The minimum atomic E-state index is -3.93. The standard InChI is InChI=1S/C12H16N2O7S3/c1-22(16,17)9-7-13-24(20,21)11-4-2-10(3-5-11)14-12(15)6-8-23(14,18)19/h2-5,13H,6-9H2,1H3. The number of amides is 1. The van der Waals surface area contributed by atoms with Gasteiger partial charge in [-0.2, -0.15) is 0 Å². The van der Waals surface area contributed by atoms with E-state index >= 15 is 0 Å². The van der Waals surface area contributed by atoms with E-state index in [2.05, 4.69) is 4.72 Å². The highest BCUT2D eigenvalue weighted by molar-refractivity contribution is 7.94. The summed E-state index contributed by atoms with van der Waals surface area (Å²) < 4.78 is 72.5. The number of carbonyl (C=O) groups is 1. The molecule has 0 aromatic heterocycles. The second-order valence-corrected chi connectivity index (χ2v) is 11.2. The van der Waals surface area contributed by atoms with Crippen molar-refractivity contribution >= 4 is 41.5 Å². The summed E-state index contributed by atoms with van der Waals surface area (Å²) in [7, 11) is -11.0. The first-order chi connectivity index (χ1) is 10.9. The number of hydrogen-bond acceptors (Lipinski definition) is 7. The minimum absolute atomic E-state index is 0.0626. The average Bonchev–Trinajstić information content (AvgIpc) is 2.71. The summed E-state index contributed by atoms with van der Waals surface area (Å²) in [5.41, 5.74) is 0.0626. The Hall–Kier alpha value is -1.50. The molecule has 24 heavy (non-hydrogen) atoms. The van der Waals surface area contributed by atoms with Gasteiger partial charge in [0.2, 0.25) is 26.0 Å². The molecule has 1 heterocycles. The van der Waals surface area contributed by atoms with E-state index in [-0.39, 0.29) is 35.1 Å². The van der Waals surface area contributed by atoms with Crippen molar-refractivity contribution in [2.24, 2.45) is 0 Å². The molecule has 0 saturated carbocycles. The zero-order chi connectivity index (χ0) is 18.2. The Bertz CT molecular complexity index is 948. The fourth-order valence-corrected chi connectivity index (χ4v) is 5.17. The van der Waals surface area contributed by atoms with E-state index in [9.17, 15) is 30.0 Å². The highest BCUT2D eigenvalue weighted by Crippen LogP contribution is 2.26. The smallest absolute Gasteiger partial charge is 0.242 e. The molecular weight excluding hydrogens is 380 g/mol. The van der Waals surface area contributed by atoms with Gasteiger partial charge < -0.3 is 0 Å². The Morgan fingerprint density at radius 1 is 1.12 bits per heavy atom. The average molecular weight is 396 g/mol. The third-order valence-electron chi connectivity index (χ3n) is 3.23. The van der Waals surface area contributed by atoms with Gasteiger partial charge in [-0.25, -0.2) is 34.3 Å². The number of sulfonamides is 2. The predicted molar refractivity (Wildman–Crippen MR) is 87.2 cm³/mol. The number of hydrogen-bond donors (Lipinski definition) is 1. The number of sulfone groups is 1. The lowest BCUT2D eigenvalue weighted by Crippen LogP contribution is -2.30. The molecule has 0 spiro atoms. The summed E-state index contributed by atoms with van der Waals surface area (Å²) in [6.07, 6.45) is 0.874. The fourth-order valence-electron chi connectivity index (χ4n) is 2.07. The first kappa shape index (κ1) is 18.8. The van der Waals surface area contributed by atoms with Gasteiger partial charge in [0.15, 0.2) is 0 Å². The van der Waals surface area contributed by atoms with Crippen LogP contribution in [0.1, 0.15) is 6.42 Å². The van der Waals surface area contributed by atoms with Crippen LogP contribution in [-0.2, 0) is 34.7 Å². The Labute approximate surface area is 140 Å². The Morgan fingerprint density at radius 2 is 1.71 bits per heavy atom.